The second-order valence-corrected chi connectivity index (χ2v) is 5.02. The number of hydrogen-bond acceptors (Lipinski definition) is 4. The van der Waals surface area contributed by atoms with E-state index < -0.39 is 0 Å². The van der Waals surface area contributed by atoms with Gasteiger partial charge >= 0.3 is 0 Å². The Morgan fingerprint density at radius 2 is 2.16 bits per heavy atom. The Balaban J connectivity index is 2.63. The van der Waals surface area contributed by atoms with E-state index in [-0.39, 0.29) is 0 Å². The average molecular weight is 280 g/mol. The lowest BCUT2D eigenvalue weighted by Gasteiger charge is -2.20. The van der Waals surface area contributed by atoms with Crippen LogP contribution >= 0.6 is 12.2 Å². The van der Waals surface area contributed by atoms with Gasteiger partial charge in [-0.3, -0.25) is 0 Å². The molecule has 19 heavy (non-hydrogen) atoms. The lowest BCUT2D eigenvalue weighted by Crippen LogP contribution is -2.30. The molecule has 106 valence electrons. The summed E-state index contributed by atoms with van der Waals surface area (Å²) in [5.74, 6) is 0.792. The number of pyridine rings is 1. The van der Waals surface area contributed by atoms with Gasteiger partial charge in [0, 0.05) is 19.3 Å². The SMILES string of the molecule is CCCN(CC)CCNc1nccc(C)c1C(N)=S. The summed E-state index contributed by atoms with van der Waals surface area (Å²) in [5, 5.41) is 3.34. The highest BCUT2D eigenvalue weighted by Gasteiger charge is 2.09. The molecule has 0 aliphatic carbocycles. The first-order valence-electron chi connectivity index (χ1n) is 6.81. The van der Waals surface area contributed by atoms with Crippen LogP contribution in [0.4, 0.5) is 5.82 Å². The van der Waals surface area contributed by atoms with Crippen molar-refractivity contribution in [2.75, 3.05) is 31.5 Å². The van der Waals surface area contributed by atoms with E-state index in [9.17, 15) is 0 Å². The van der Waals surface area contributed by atoms with Crippen LogP contribution in [0.25, 0.3) is 0 Å². The number of rotatable bonds is 8. The molecule has 0 unspecified atom stereocenters. The Kier molecular flexibility index (Phi) is 6.73. The fourth-order valence-electron chi connectivity index (χ4n) is 2.08. The Labute approximate surface area is 121 Å². The summed E-state index contributed by atoms with van der Waals surface area (Å²) in [6.45, 7) is 10.4. The predicted molar refractivity (Wildman–Crippen MR) is 85.8 cm³/mol. The summed E-state index contributed by atoms with van der Waals surface area (Å²) in [5.41, 5.74) is 7.68. The third kappa shape index (κ3) is 4.76. The molecule has 0 aliphatic heterocycles. The molecule has 0 saturated heterocycles. The highest BCUT2D eigenvalue weighted by atomic mass is 32.1. The van der Waals surface area contributed by atoms with Crippen LogP contribution in [0, 0.1) is 6.92 Å². The van der Waals surface area contributed by atoms with Crippen LogP contribution in [-0.2, 0) is 0 Å². The number of nitrogens with one attached hydrogen (secondary N) is 1. The van der Waals surface area contributed by atoms with Crippen LogP contribution in [-0.4, -0.2) is 41.1 Å². The van der Waals surface area contributed by atoms with Gasteiger partial charge in [-0.2, -0.15) is 0 Å². The van der Waals surface area contributed by atoms with Crippen molar-refractivity contribution in [2.45, 2.75) is 27.2 Å². The zero-order valence-corrected chi connectivity index (χ0v) is 12.9. The normalized spacial score (nSPS) is 10.7. The zero-order chi connectivity index (χ0) is 14.3. The van der Waals surface area contributed by atoms with Gasteiger partial charge < -0.3 is 16.0 Å². The largest absolute Gasteiger partial charge is 0.389 e. The molecule has 1 rings (SSSR count). The highest BCUT2D eigenvalue weighted by Crippen LogP contribution is 2.16. The first kappa shape index (κ1) is 15.9. The van der Waals surface area contributed by atoms with Gasteiger partial charge in [0.2, 0.25) is 0 Å². The van der Waals surface area contributed by atoms with E-state index >= 15 is 0 Å². The van der Waals surface area contributed by atoms with Crippen molar-refractivity contribution in [3.8, 4) is 0 Å². The summed E-state index contributed by atoms with van der Waals surface area (Å²) < 4.78 is 0. The summed E-state index contributed by atoms with van der Waals surface area (Å²) in [4.78, 5) is 7.14. The van der Waals surface area contributed by atoms with E-state index in [4.69, 9.17) is 18.0 Å². The fourth-order valence-corrected chi connectivity index (χ4v) is 2.34. The molecule has 1 aromatic heterocycles. The zero-order valence-electron chi connectivity index (χ0n) is 12.1. The van der Waals surface area contributed by atoms with E-state index in [1.807, 2.05) is 13.0 Å². The molecule has 0 atom stereocenters. The molecule has 1 aromatic rings. The Hall–Kier alpha value is -1.20. The number of likely N-dealkylation sites (N-methyl/N-ethyl adjacent to an activating group) is 1. The lowest BCUT2D eigenvalue weighted by molar-refractivity contribution is 0.300. The van der Waals surface area contributed by atoms with Crippen LogP contribution in [0.1, 0.15) is 31.4 Å². The number of hydrogen-bond donors (Lipinski definition) is 2. The van der Waals surface area contributed by atoms with Gasteiger partial charge in [0.1, 0.15) is 10.8 Å². The molecule has 0 aliphatic rings. The van der Waals surface area contributed by atoms with Gasteiger partial charge in [0.15, 0.2) is 0 Å². The Morgan fingerprint density at radius 1 is 1.42 bits per heavy atom. The second-order valence-electron chi connectivity index (χ2n) is 4.58. The molecule has 4 nitrogen and oxygen atoms in total. The Morgan fingerprint density at radius 3 is 2.74 bits per heavy atom. The lowest BCUT2D eigenvalue weighted by atomic mass is 10.1. The molecule has 0 aromatic carbocycles. The third-order valence-electron chi connectivity index (χ3n) is 3.11. The second kappa shape index (κ2) is 8.07. The quantitative estimate of drug-likeness (QED) is 0.715. The minimum absolute atomic E-state index is 0.397. The molecular formula is C14H24N4S. The van der Waals surface area contributed by atoms with Crippen LogP contribution in [0.2, 0.25) is 0 Å². The molecule has 0 fully saturated rings. The van der Waals surface area contributed by atoms with Crippen molar-refractivity contribution in [1.82, 2.24) is 9.88 Å². The van der Waals surface area contributed by atoms with Crippen LogP contribution in [0.5, 0.6) is 0 Å². The molecule has 5 heteroatoms. The van der Waals surface area contributed by atoms with Crippen LogP contribution in [0.3, 0.4) is 0 Å². The van der Waals surface area contributed by atoms with E-state index in [1.165, 1.54) is 6.42 Å². The summed E-state index contributed by atoms with van der Waals surface area (Å²) in [6.07, 6.45) is 2.96. The van der Waals surface area contributed by atoms with Gasteiger partial charge in [-0.15, -0.1) is 0 Å². The van der Waals surface area contributed by atoms with Gasteiger partial charge in [-0.05, 0) is 38.1 Å². The number of aryl methyl sites for hydroxylation is 1. The monoisotopic (exact) mass is 280 g/mol. The maximum atomic E-state index is 5.76. The van der Waals surface area contributed by atoms with Crippen molar-refractivity contribution >= 4 is 23.0 Å². The molecule has 1 heterocycles. The first-order chi connectivity index (χ1) is 9.10. The number of nitrogens with two attached hydrogens (primary N) is 1. The van der Waals surface area contributed by atoms with Crippen LogP contribution in [0.15, 0.2) is 12.3 Å². The number of nitrogens with zero attached hydrogens (tertiary/aromatic N) is 2. The van der Waals surface area contributed by atoms with Gasteiger partial charge in [-0.25, -0.2) is 4.98 Å². The van der Waals surface area contributed by atoms with Gasteiger partial charge in [0.25, 0.3) is 0 Å². The maximum absolute atomic E-state index is 5.76. The predicted octanol–water partition coefficient (Wildman–Crippen LogP) is 2.17. The van der Waals surface area contributed by atoms with Crippen molar-refractivity contribution in [3.63, 3.8) is 0 Å². The molecule has 0 spiro atoms. The molecule has 0 amide bonds. The van der Waals surface area contributed by atoms with Gasteiger partial charge in [0.05, 0.1) is 5.56 Å². The molecular weight excluding hydrogens is 256 g/mol. The smallest absolute Gasteiger partial charge is 0.136 e. The highest BCUT2D eigenvalue weighted by molar-refractivity contribution is 7.80. The number of thiocarbonyl (C=S) groups is 1. The van der Waals surface area contributed by atoms with Crippen molar-refractivity contribution in [1.29, 1.82) is 0 Å². The van der Waals surface area contributed by atoms with E-state index in [0.717, 1.165) is 43.1 Å². The number of aromatic nitrogens is 1. The van der Waals surface area contributed by atoms with Crippen LogP contribution < -0.4 is 11.1 Å². The average Bonchev–Trinajstić information content (AvgIpc) is 2.37. The Bertz CT molecular complexity index is 420. The van der Waals surface area contributed by atoms with E-state index in [0.29, 0.717) is 4.99 Å². The standard InChI is InChI=1S/C14H24N4S/c1-4-9-18(5-2)10-8-17-14-12(13(15)19)11(3)6-7-16-14/h6-7H,4-5,8-10H2,1-3H3,(H2,15,19)(H,16,17). The minimum Gasteiger partial charge on any atom is -0.389 e. The number of anilines is 1. The van der Waals surface area contributed by atoms with E-state index in [1.54, 1.807) is 6.20 Å². The maximum Gasteiger partial charge on any atom is 0.136 e. The molecule has 3 N–H and O–H groups in total. The minimum atomic E-state index is 0.397. The molecule has 0 bridgehead atoms. The first-order valence-corrected chi connectivity index (χ1v) is 7.22. The molecule has 0 radical (unpaired) electrons. The third-order valence-corrected chi connectivity index (χ3v) is 3.32. The summed E-state index contributed by atoms with van der Waals surface area (Å²) in [7, 11) is 0. The van der Waals surface area contributed by atoms with Crippen molar-refractivity contribution < 1.29 is 0 Å². The fraction of sp³-hybridized carbons (Fsp3) is 0.571. The summed E-state index contributed by atoms with van der Waals surface area (Å²) in [6, 6.07) is 1.93. The van der Waals surface area contributed by atoms with Crippen molar-refractivity contribution in [3.05, 3.63) is 23.4 Å². The molecule has 0 saturated carbocycles. The topological polar surface area (TPSA) is 54.2 Å². The van der Waals surface area contributed by atoms with E-state index in [2.05, 4.69) is 29.0 Å². The summed E-state index contributed by atoms with van der Waals surface area (Å²) >= 11 is 5.09. The van der Waals surface area contributed by atoms with Crippen molar-refractivity contribution in [2.24, 2.45) is 5.73 Å². The van der Waals surface area contributed by atoms with Gasteiger partial charge in [-0.1, -0.05) is 26.1 Å².